The highest BCUT2D eigenvalue weighted by Crippen LogP contribution is 2.15. The fourth-order valence-corrected chi connectivity index (χ4v) is 5.42. The van der Waals surface area contributed by atoms with Crippen molar-refractivity contribution in [3.05, 3.63) is 65.7 Å². The van der Waals surface area contributed by atoms with Crippen molar-refractivity contribution < 1.29 is 17.5 Å². The lowest BCUT2D eigenvalue weighted by Gasteiger charge is -2.30. The molecule has 0 bridgehead atoms. The van der Waals surface area contributed by atoms with Crippen molar-refractivity contribution in [2.75, 3.05) is 20.6 Å². The summed E-state index contributed by atoms with van der Waals surface area (Å²) in [6.45, 7) is 6.57. The van der Waals surface area contributed by atoms with Gasteiger partial charge >= 0.3 is 0 Å². The van der Waals surface area contributed by atoms with Gasteiger partial charge in [0.15, 0.2) is 0 Å². The summed E-state index contributed by atoms with van der Waals surface area (Å²) >= 11 is 0. The SMILES string of the molecule is CCCCCCCCCCCCCCCCCC[N+](C)(C)Cc1ccccc1.Cc1ccc(S(=O)(=O)[O-])cc1. The van der Waals surface area contributed by atoms with Gasteiger partial charge in [0.2, 0.25) is 0 Å². The summed E-state index contributed by atoms with van der Waals surface area (Å²) in [4.78, 5) is -0.178. The van der Waals surface area contributed by atoms with Crippen LogP contribution < -0.4 is 0 Å². The molecule has 0 saturated carbocycles. The van der Waals surface area contributed by atoms with Crippen LogP contribution in [0, 0.1) is 6.92 Å². The maximum absolute atomic E-state index is 10.4. The molecule has 4 nitrogen and oxygen atoms in total. The highest BCUT2D eigenvalue weighted by atomic mass is 32.2. The first-order valence-corrected chi connectivity index (χ1v) is 16.9. The number of quaternary nitrogens is 1. The van der Waals surface area contributed by atoms with Crippen LogP contribution in [0.4, 0.5) is 0 Å². The Labute approximate surface area is 241 Å². The molecule has 2 aromatic carbocycles. The minimum atomic E-state index is -4.27. The molecule has 5 heteroatoms. The Hall–Kier alpha value is -1.69. The third kappa shape index (κ3) is 19.9. The maximum Gasteiger partial charge on any atom is 0.124 e. The molecular formula is C34H57NO3S. The summed E-state index contributed by atoms with van der Waals surface area (Å²) in [7, 11) is 0.477. The Morgan fingerprint density at radius 3 is 1.44 bits per heavy atom. The highest BCUT2D eigenvalue weighted by Gasteiger charge is 2.14. The molecule has 0 atom stereocenters. The number of hydrogen-bond acceptors (Lipinski definition) is 3. The van der Waals surface area contributed by atoms with Crippen molar-refractivity contribution >= 4 is 10.1 Å². The predicted molar refractivity (Wildman–Crippen MR) is 166 cm³/mol. The predicted octanol–water partition coefficient (Wildman–Crippen LogP) is 9.42. The third-order valence-electron chi connectivity index (χ3n) is 7.38. The molecule has 0 fully saturated rings. The van der Waals surface area contributed by atoms with Gasteiger partial charge in [0.05, 0.1) is 25.5 Å². The number of nitrogens with zero attached hydrogens (tertiary/aromatic N) is 1. The summed E-state index contributed by atoms with van der Waals surface area (Å²) in [6, 6.07) is 16.7. The first kappa shape index (κ1) is 35.3. The van der Waals surface area contributed by atoms with Gasteiger partial charge in [0.1, 0.15) is 16.7 Å². The number of unbranched alkanes of at least 4 members (excludes halogenated alkanes) is 15. The van der Waals surface area contributed by atoms with E-state index in [1.165, 1.54) is 127 Å². The lowest BCUT2D eigenvalue weighted by molar-refractivity contribution is -0.903. The van der Waals surface area contributed by atoms with Gasteiger partial charge in [-0.1, -0.05) is 145 Å². The van der Waals surface area contributed by atoms with E-state index in [1.807, 2.05) is 6.92 Å². The van der Waals surface area contributed by atoms with Gasteiger partial charge < -0.3 is 9.04 Å². The molecule has 0 aromatic heterocycles. The second-order valence-corrected chi connectivity index (χ2v) is 13.3. The normalized spacial score (nSPS) is 11.7. The quantitative estimate of drug-likeness (QED) is 0.0922. The van der Waals surface area contributed by atoms with Crippen molar-refractivity contribution in [2.45, 2.75) is 128 Å². The molecule has 0 spiro atoms. The molecule has 0 amide bonds. The lowest BCUT2D eigenvalue weighted by Crippen LogP contribution is -2.39. The molecule has 2 aromatic rings. The summed E-state index contributed by atoms with van der Waals surface area (Å²) in [5, 5.41) is 0. The summed E-state index contributed by atoms with van der Waals surface area (Å²) in [5.41, 5.74) is 2.39. The molecule has 0 unspecified atom stereocenters. The van der Waals surface area contributed by atoms with Gasteiger partial charge in [-0.2, -0.15) is 0 Å². The van der Waals surface area contributed by atoms with Crippen molar-refractivity contribution in [3.8, 4) is 0 Å². The molecule has 2 rings (SSSR count). The standard InChI is InChI=1S/C27H50N.C7H8O3S/c1-4-5-6-7-8-9-10-11-12-13-14-15-16-17-18-22-25-28(2,3)26-27-23-20-19-21-24-27;1-6-2-4-7(5-3-6)11(8,9)10/h19-21,23-24H,4-18,22,25-26H2,1-3H3;2-5H,1H3,(H,8,9,10)/q+1;/p-1. The van der Waals surface area contributed by atoms with Gasteiger partial charge in [-0.3, -0.25) is 0 Å². The van der Waals surface area contributed by atoms with Crippen LogP contribution in [-0.2, 0) is 16.7 Å². The molecule has 0 aliphatic heterocycles. The van der Waals surface area contributed by atoms with Crippen LogP contribution in [-0.4, -0.2) is 38.1 Å². The fourth-order valence-electron chi connectivity index (χ4n) is 4.95. The van der Waals surface area contributed by atoms with E-state index in [0.717, 1.165) is 16.6 Å². The highest BCUT2D eigenvalue weighted by molar-refractivity contribution is 7.85. The lowest BCUT2D eigenvalue weighted by atomic mass is 10.0. The smallest absolute Gasteiger partial charge is 0.124 e. The van der Waals surface area contributed by atoms with Crippen molar-refractivity contribution in [2.24, 2.45) is 0 Å². The molecule has 0 heterocycles. The molecule has 0 saturated heterocycles. The van der Waals surface area contributed by atoms with Gasteiger partial charge in [-0.05, 0) is 31.9 Å². The molecule has 222 valence electrons. The van der Waals surface area contributed by atoms with E-state index in [9.17, 15) is 13.0 Å². The monoisotopic (exact) mass is 559 g/mol. The average Bonchev–Trinajstić information content (AvgIpc) is 2.89. The van der Waals surface area contributed by atoms with Crippen molar-refractivity contribution in [3.63, 3.8) is 0 Å². The van der Waals surface area contributed by atoms with Gasteiger partial charge in [0, 0.05) is 5.56 Å². The zero-order chi connectivity index (χ0) is 28.8. The third-order valence-corrected chi connectivity index (χ3v) is 8.23. The van der Waals surface area contributed by atoms with E-state index in [4.69, 9.17) is 0 Å². The van der Waals surface area contributed by atoms with E-state index < -0.39 is 10.1 Å². The topological polar surface area (TPSA) is 57.2 Å². The second kappa shape index (κ2) is 21.1. The largest absolute Gasteiger partial charge is 0.744 e. The van der Waals surface area contributed by atoms with Crippen molar-refractivity contribution in [1.29, 1.82) is 0 Å². The minimum absolute atomic E-state index is 0.178. The average molecular weight is 560 g/mol. The van der Waals surface area contributed by atoms with Crippen LogP contribution in [0.3, 0.4) is 0 Å². The number of benzene rings is 2. The van der Waals surface area contributed by atoms with Crippen LogP contribution in [0.5, 0.6) is 0 Å². The molecule has 0 radical (unpaired) electrons. The molecule has 0 aliphatic rings. The Morgan fingerprint density at radius 2 is 1.03 bits per heavy atom. The van der Waals surface area contributed by atoms with E-state index >= 15 is 0 Å². The van der Waals surface area contributed by atoms with E-state index in [1.54, 1.807) is 12.1 Å². The first-order valence-electron chi connectivity index (χ1n) is 15.5. The van der Waals surface area contributed by atoms with Crippen LogP contribution >= 0.6 is 0 Å². The van der Waals surface area contributed by atoms with E-state index in [0.29, 0.717) is 0 Å². The molecule has 0 N–H and O–H groups in total. The van der Waals surface area contributed by atoms with Gasteiger partial charge in [0.25, 0.3) is 0 Å². The summed E-state index contributed by atoms with van der Waals surface area (Å²) in [6.07, 6.45) is 23.2. The molecular weight excluding hydrogens is 502 g/mol. The molecule has 0 aliphatic carbocycles. The van der Waals surface area contributed by atoms with Gasteiger partial charge in [-0.25, -0.2) is 8.42 Å². The number of hydrogen-bond donors (Lipinski definition) is 0. The van der Waals surface area contributed by atoms with E-state index in [2.05, 4.69) is 51.4 Å². The number of aryl methyl sites for hydroxylation is 1. The van der Waals surface area contributed by atoms with Crippen LogP contribution in [0.1, 0.15) is 121 Å². The van der Waals surface area contributed by atoms with Crippen molar-refractivity contribution in [1.82, 2.24) is 0 Å². The Kier molecular flexibility index (Phi) is 19.1. The van der Waals surface area contributed by atoms with Crippen LogP contribution in [0.25, 0.3) is 0 Å². The molecule has 39 heavy (non-hydrogen) atoms. The Morgan fingerprint density at radius 1 is 0.615 bits per heavy atom. The van der Waals surface area contributed by atoms with Gasteiger partial charge in [-0.15, -0.1) is 0 Å². The zero-order valence-corrected chi connectivity index (χ0v) is 26.3. The zero-order valence-electron chi connectivity index (χ0n) is 25.5. The summed E-state index contributed by atoms with van der Waals surface area (Å²) < 4.78 is 32.3. The Balaban J connectivity index is 0.000000573. The number of rotatable bonds is 20. The van der Waals surface area contributed by atoms with Crippen LogP contribution in [0.2, 0.25) is 0 Å². The second-order valence-electron chi connectivity index (χ2n) is 11.9. The fraction of sp³-hybridized carbons (Fsp3) is 0.647. The van der Waals surface area contributed by atoms with E-state index in [-0.39, 0.29) is 4.90 Å². The van der Waals surface area contributed by atoms with Crippen LogP contribution in [0.15, 0.2) is 59.5 Å². The Bertz CT molecular complexity index is 940. The first-order chi connectivity index (χ1) is 18.6. The minimum Gasteiger partial charge on any atom is -0.744 e. The maximum atomic E-state index is 10.4. The summed E-state index contributed by atoms with van der Waals surface area (Å²) in [5.74, 6) is 0.